The zero-order chi connectivity index (χ0) is 18.1. The van der Waals surface area contributed by atoms with Crippen LogP contribution in [0.5, 0.6) is 17.4 Å². The Morgan fingerprint density at radius 3 is 2.33 bits per heavy atom. The van der Waals surface area contributed by atoms with Crippen molar-refractivity contribution in [2.45, 2.75) is 24.7 Å². The second kappa shape index (κ2) is 6.48. The van der Waals surface area contributed by atoms with E-state index in [-0.39, 0.29) is 40.0 Å². The van der Waals surface area contributed by atoms with Crippen molar-refractivity contribution in [3.05, 3.63) is 18.0 Å². The molecular weight excluding hydrogens is 334 g/mol. The van der Waals surface area contributed by atoms with Gasteiger partial charge < -0.3 is 20.9 Å². The number of rotatable bonds is 5. The number of sulfone groups is 1. The molecule has 0 atom stereocenters. The van der Waals surface area contributed by atoms with Crippen molar-refractivity contribution in [1.82, 2.24) is 15.0 Å². The largest absolute Gasteiger partial charge is 0.480 e. The fraction of sp³-hybridized carbons (Fsp3) is 0.357. The van der Waals surface area contributed by atoms with Gasteiger partial charge in [-0.1, -0.05) is 13.8 Å². The molecule has 0 aliphatic carbocycles. The molecule has 2 aromatic rings. The van der Waals surface area contributed by atoms with Crippen LogP contribution in [0.15, 0.2) is 17.2 Å². The molecule has 4 N–H and O–H groups in total. The number of nitrogens with zero attached hydrogens (tertiary/aromatic N) is 3. The van der Waals surface area contributed by atoms with Crippen LogP contribution in [-0.4, -0.2) is 36.7 Å². The summed E-state index contributed by atoms with van der Waals surface area (Å²) in [5.41, 5.74) is 11.7. The lowest BCUT2D eigenvalue weighted by molar-refractivity contribution is 0.377. The van der Waals surface area contributed by atoms with Gasteiger partial charge in [-0.25, -0.2) is 18.4 Å². The fourth-order valence-electron chi connectivity index (χ4n) is 1.98. The minimum atomic E-state index is -3.57. The molecule has 2 aromatic heterocycles. The van der Waals surface area contributed by atoms with Gasteiger partial charge in [-0.2, -0.15) is 4.98 Å². The minimum absolute atomic E-state index is 0.00798. The summed E-state index contributed by atoms with van der Waals surface area (Å²) in [7, 11) is -2.22. The highest BCUT2D eigenvalue weighted by Gasteiger charge is 2.23. The van der Waals surface area contributed by atoms with Crippen LogP contribution in [-0.2, 0) is 9.84 Å². The highest BCUT2D eigenvalue weighted by atomic mass is 32.2. The van der Waals surface area contributed by atoms with Gasteiger partial charge in [0.15, 0.2) is 27.2 Å². The van der Waals surface area contributed by atoms with Gasteiger partial charge in [0.25, 0.3) is 0 Å². The third-order valence-electron chi connectivity index (χ3n) is 3.11. The Bertz CT molecular complexity index is 868. The SMILES string of the molecule is COc1nc(C(C)C)c(Oc2cnc(N)nc2N)cc1S(C)(=O)=O. The van der Waals surface area contributed by atoms with Crippen molar-refractivity contribution in [2.24, 2.45) is 0 Å². The first-order chi connectivity index (χ1) is 11.1. The van der Waals surface area contributed by atoms with E-state index in [0.29, 0.717) is 5.69 Å². The smallest absolute Gasteiger partial charge is 0.232 e. The van der Waals surface area contributed by atoms with E-state index in [1.165, 1.54) is 19.4 Å². The van der Waals surface area contributed by atoms with E-state index in [1.807, 2.05) is 13.8 Å². The summed E-state index contributed by atoms with van der Waals surface area (Å²) in [5, 5.41) is 0. The Morgan fingerprint density at radius 2 is 1.83 bits per heavy atom. The average Bonchev–Trinajstić information content (AvgIpc) is 2.48. The van der Waals surface area contributed by atoms with Crippen LogP contribution in [0.4, 0.5) is 11.8 Å². The third kappa shape index (κ3) is 3.65. The van der Waals surface area contributed by atoms with Crippen LogP contribution < -0.4 is 20.9 Å². The van der Waals surface area contributed by atoms with Crippen LogP contribution in [0.25, 0.3) is 0 Å². The Hall–Kier alpha value is -2.62. The van der Waals surface area contributed by atoms with E-state index in [4.69, 9.17) is 20.9 Å². The molecule has 0 saturated carbocycles. The topological polar surface area (TPSA) is 143 Å². The molecule has 0 fully saturated rings. The molecule has 0 spiro atoms. The average molecular weight is 353 g/mol. The van der Waals surface area contributed by atoms with Crippen molar-refractivity contribution in [1.29, 1.82) is 0 Å². The summed E-state index contributed by atoms with van der Waals surface area (Å²) in [6.45, 7) is 3.77. The summed E-state index contributed by atoms with van der Waals surface area (Å²) in [4.78, 5) is 11.8. The lowest BCUT2D eigenvalue weighted by Gasteiger charge is -2.16. The molecule has 0 aliphatic heterocycles. The van der Waals surface area contributed by atoms with Crippen LogP contribution in [0, 0.1) is 0 Å². The number of hydrogen-bond acceptors (Lipinski definition) is 9. The predicted molar refractivity (Wildman–Crippen MR) is 88.9 cm³/mol. The minimum Gasteiger partial charge on any atom is -0.480 e. The van der Waals surface area contributed by atoms with Crippen molar-refractivity contribution < 1.29 is 17.9 Å². The third-order valence-corrected chi connectivity index (χ3v) is 4.20. The number of hydrogen-bond donors (Lipinski definition) is 2. The van der Waals surface area contributed by atoms with Crippen molar-refractivity contribution in [3.8, 4) is 17.4 Å². The van der Waals surface area contributed by atoms with Crippen molar-refractivity contribution in [2.75, 3.05) is 24.8 Å². The second-order valence-corrected chi connectivity index (χ2v) is 7.37. The maximum absolute atomic E-state index is 12.0. The molecule has 2 heterocycles. The molecular formula is C14H19N5O4S. The zero-order valence-corrected chi connectivity index (χ0v) is 14.6. The molecule has 0 radical (unpaired) electrons. The number of nitrogen functional groups attached to an aromatic ring is 2. The predicted octanol–water partition coefficient (Wildman–Crippen LogP) is 1.36. The quantitative estimate of drug-likeness (QED) is 0.814. The summed E-state index contributed by atoms with van der Waals surface area (Å²) >= 11 is 0. The lowest BCUT2D eigenvalue weighted by atomic mass is 10.1. The first kappa shape index (κ1) is 17.7. The van der Waals surface area contributed by atoms with E-state index in [1.54, 1.807) is 0 Å². The number of methoxy groups -OCH3 is 1. The van der Waals surface area contributed by atoms with Gasteiger partial charge >= 0.3 is 0 Å². The lowest BCUT2D eigenvalue weighted by Crippen LogP contribution is -2.08. The standard InChI is InChI=1S/C14H19N5O4S/c1-7(2)11-8(23-9-6-17-14(16)19-12(9)15)5-10(24(4,20)21)13(18-11)22-3/h5-7H,1-4H3,(H4,15,16,17,19). The highest BCUT2D eigenvalue weighted by molar-refractivity contribution is 7.90. The van der Waals surface area contributed by atoms with Gasteiger partial charge in [-0.15, -0.1) is 0 Å². The van der Waals surface area contributed by atoms with Crippen LogP contribution in [0.3, 0.4) is 0 Å². The molecule has 2 rings (SSSR count). The zero-order valence-electron chi connectivity index (χ0n) is 13.8. The monoisotopic (exact) mass is 353 g/mol. The van der Waals surface area contributed by atoms with Gasteiger partial charge in [-0.3, -0.25) is 0 Å². The first-order valence-corrected chi connectivity index (χ1v) is 8.87. The maximum Gasteiger partial charge on any atom is 0.232 e. The van der Waals surface area contributed by atoms with E-state index in [0.717, 1.165) is 6.26 Å². The number of ether oxygens (including phenoxy) is 2. The van der Waals surface area contributed by atoms with E-state index >= 15 is 0 Å². The molecule has 0 amide bonds. The molecule has 0 saturated heterocycles. The summed E-state index contributed by atoms with van der Waals surface area (Å²) in [6, 6.07) is 1.35. The fourth-order valence-corrected chi connectivity index (χ4v) is 2.74. The van der Waals surface area contributed by atoms with Gasteiger partial charge in [0.05, 0.1) is 19.0 Å². The van der Waals surface area contributed by atoms with Crippen LogP contribution in [0.1, 0.15) is 25.5 Å². The second-order valence-electron chi connectivity index (χ2n) is 5.39. The summed E-state index contributed by atoms with van der Waals surface area (Å²) in [6.07, 6.45) is 2.37. The van der Waals surface area contributed by atoms with Crippen molar-refractivity contribution in [3.63, 3.8) is 0 Å². The molecule has 10 heteroatoms. The summed E-state index contributed by atoms with van der Waals surface area (Å²) < 4.78 is 34.7. The molecule has 9 nitrogen and oxygen atoms in total. The molecule has 130 valence electrons. The highest BCUT2D eigenvalue weighted by Crippen LogP contribution is 2.36. The Morgan fingerprint density at radius 1 is 1.17 bits per heavy atom. The van der Waals surface area contributed by atoms with Gasteiger partial charge in [-0.05, 0) is 5.92 Å². The molecule has 0 aromatic carbocycles. The van der Waals surface area contributed by atoms with E-state index in [2.05, 4.69) is 15.0 Å². The number of anilines is 2. The van der Waals surface area contributed by atoms with E-state index < -0.39 is 9.84 Å². The van der Waals surface area contributed by atoms with Gasteiger partial charge in [0, 0.05) is 12.3 Å². The molecule has 24 heavy (non-hydrogen) atoms. The Balaban J connectivity index is 2.62. The molecule has 0 aliphatic rings. The Kier molecular flexibility index (Phi) is 4.78. The maximum atomic E-state index is 12.0. The number of aromatic nitrogens is 3. The van der Waals surface area contributed by atoms with Crippen molar-refractivity contribution >= 4 is 21.6 Å². The normalized spacial score (nSPS) is 11.5. The van der Waals surface area contributed by atoms with Gasteiger partial charge in [0.2, 0.25) is 11.8 Å². The molecule has 0 bridgehead atoms. The Labute approximate surface area is 140 Å². The number of pyridine rings is 1. The summed E-state index contributed by atoms with van der Waals surface area (Å²) in [5.74, 6) is 0.375. The van der Waals surface area contributed by atoms with Crippen LogP contribution in [0.2, 0.25) is 0 Å². The molecule has 0 unspecified atom stereocenters. The van der Waals surface area contributed by atoms with Crippen LogP contribution >= 0.6 is 0 Å². The van der Waals surface area contributed by atoms with Gasteiger partial charge in [0.1, 0.15) is 4.90 Å². The number of nitrogens with two attached hydrogens (primary N) is 2. The first-order valence-electron chi connectivity index (χ1n) is 6.98. The van der Waals surface area contributed by atoms with E-state index in [9.17, 15) is 8.42 Å².